The third-order valence-electron chi connectivity index (χ3n) is 2.74. The molecule has 0 aromatic heterocycles. The van der Waals surface area contributed by atoms with Crippen LogP contribution in [-0.4, -0.2) is 17.9 Å². The minimum atomic E-state index is -0.536. The Bertz CT molecular complexity index is 485. The van der Waals surface area contributed by atoms with Gasteiger partial charge in [0.25, 0.3) is 5.91 Å². The second kappa shape index (κ2) is 4.37. The van der Waals surface area contributed by atoms with Crippen LogP contribution in [-0.2, 0) is 4.79 Å². The van der Waals surface area contributed by atoms with Crippen LogP contribution in [0.15, 0.2) is 18.2 Å². The van der Waals surface area contributed by atoms with E-state index in [0.717, 1.165) is 0 Å². The van der Waals surface area contributed by atoms with Gasteiger partial charge in [0.2, 0.25) is 5.91 Å². The Balaban J connectivity index is 2.47. The van der Waals surface area contributed by atoms with Crippen LogP contribution >= 0.6 is 11.6 Å². The fourth-order valence-electron chi connectivity index (χ4n) is 1.80. The lowest BCUT2D eigenvalue weighted by atomic mass is 10.0. The highest BCUT2D eigenvalue weighted by Crippen LogP contribution is 2.28. The molecule has 2 amide bonds. The van der Waals surface area contributed by atoms with Crippen molar-refractivity contribution in [2.75, 3.05) is 5.32 Å². The van der Waals surface area contributed by atoms with Gasteiger partial charge in [0.1, 0.15) is 6.04 Å². The Kier molecular flexibility index (Phi) is 3.07. The molecular formula is C12H13ClN2O2. The molecule has 0 bridgehead atoms. The fourth-order valence-corrected chi connectivity index (χ4v) is 2.02. The summed E-state index contributed by atoms with van der Waals surface area (Å²) in [4.78, 5) is 23.9. The number of nitrogens with one attached hydrogen (secondary N) is 2. The highest BCUT2D eigenvalue weighted by atomic mass is 35.5. The second-order valence-corrected chi connectivity index (χ2v) is 4.75. The lowest BCUT2D eigenvalue weighted by Crippen LogP contribution is -2.44. The van der Waals surface area contributed by atoms with Crippen LogP contribution in [0.3, 0.4) is 0 Å². The predicted molar refractivity (Wildman–Crippen MR) is 66.2 cm³/mol. The van der Waals surface area contributed by atoms with E-state index in [0.29, 0.717) is 16.3 Å². The molecule has 0 saturated heterocycles. The first-order valence-corrected chi connectivity index (χ1v) is 5.78. The van der Waals surface area contributed by atoms with Gasteiger partial charge in [0.15, 0.2) is 0 Å². The summed E-state index contributed by atoms with van der Waals surface area (Å²) in [7, 11) is 0. The minimum absolute atomic E-state index is 0.0204. The zero-order valence-electron chi connectivity index (χ0n) is 9.58. The lowest BCUT2D eigenvalue weighted by molar-refractivity contribution is -0.118. The number of benzene rings is 1. The third-order valence-corrected chi connectivity index (χ3v) is 3.06. The standard InChI is InChI=1S/C12H13ClN2O2/c1-6(2)9-12(17)15-10-7(11(16)14-9)4-3-5-8(10)13/h3-6,9H,1-2H3,(H,14,16)(H,15,17). The number of carbonyl (C=O) groups is 2. The number of hydrogen-bond donors (Lipinski definition) is 2. The van der Waals surface area contributed by atoms with Gasteiger partial charge in [0, 0.05) is 0 Å². The molecule has 2 N–H and O–H groups in total. The molecule has 0 fully saturated rings. The fraction of sp³-hybridized carbons (Fsp3) is 0.333. The van der Waals surface area contributed by atoms with Gasteiger partial charge in [-0.05, 0) is 18.1 Å². The van der Waals surface area contributed by atoms with E-state index in [2.05, 4.69) is 10.6 Å². The van der Waals surface area contributed by atoms with E-state index in [1.165, 1.54) is 0 Å². The van der Waals surface area contributed by atoms with Crippen molar-refractivity contribution in [3.63, 3.8) is 0 Å². The summed E-state index contributed by atoms with van der Waals surface area (Å²) in [5.74, 6) is -0.494. The number of para-hydroxylation sites is 1. The first-order chi connectivity index (χ1) is 8.00. The Hall–Kier alpha value is -1.55. The number of carbonyl (C=O) groups excluding carboxylic acids is 2. The molecule has 0 spiro atoms. The molecule has 17 heavy (non-hydrogen) atoms. The maximum Gasteiger partial charge on any atom is 0.254 e. The van der Waals surface area contributed by atoms with Crippen LogP contribution in [0, 0.1) is 5.92 Å². The minimum Gasteiger partial charge on any atom is -0.340 e. The van der Waals surface area contributed by atoms with Gasteiger partial charge >= 0.3 is 0 Å². The summed E-state index contributed by atoms with van der Waals surface area (Å²) in [6.07, 6.45) is 0. The molecule has 2 rings (SSSR count). The maximum atomic E-state index is 12.0. The van der Waals surface area contributed by atoms with Crippen LogP contribution in [0.2, 0.25) is 5.02 Å². The summed E-state index contributed by atoms with van der Waals surface area (Å²) >= 11 is 5.98. The van der Waals surface area contributed by atoms with Gasteiger partial charge in [-0.2, -0.15) is 0 Å². The summed E-state index contributed by atoms with van der Waals surface area (Å²) in [5.41, 5.74) is 0.786. The molecular weight excluding hydrogens is 240 g/mol. The van der Waals surface area contributed by atoms with Gasteiger partial charge in [-0.25, -0.2) is 0 Å². The molecule has 90 valence electrons. The van der Waals surface area contributed by atoms with Crippen molar-refractivity contribution < 1.29 is 9.59 Å². The largest absolute Gasteiger partial charge is 0.340 e. The summed E-state index contributed by atoms with van der Waals surface area (Å²) < 4.78 is 0. The van der Waals surface area contributed by atoms with Crippen molar-refractivity contribution >= 4 is 29.1 Å². The third kappa shape index (κ3) is 2.13. The molecule has 1 unspecified atom stereocenters. The van der Waals surface area contributed by atoms with Gasteiger partial charge < -0.3 is 10.6 Å². The highest BCUT2D eigenvalue weighted by Gasteiger charge is 2.30. The van der Waals surface area contributed by atoms with Crippen LogP contribution in [0.1, 0.15) is 24.2 Å². The number of amides is 2. The zero-order chi connectivity index (χ0) is 12.6. The van der Waals surface area contributed by atoms with Crippen LogP contribution in [0.4, 0.5) is 5.69 Å². The van der Waals surface area contributed by atoms with E-state index < -0.39 is 6.04 Å². The molecule has 5 heteroatoms. The predicted octanol–water partition coefficient (Wildman–Crippen LogP) is 2.05. The van der Waals surface area contributed by atoms with Gasteiger partial charge in [0.05, 0.1) is 16.3 Å². The summed E-state index contributed by atoms with van der Waals surface area (Å²) in [6, 6.07) is 4.43. The molecule has 1 aromatic carbocycles. The van der Waals surface area contributed by atoms with Crippen molar-refractivity contribution in [1.82, 2.24) is 5.32 Å². The molecule has 4 nitrogen and oxygen atoms in total. The Morgan fingerprint density at radius 3 is 2.65 bits per heavy atom. The van der Waals surface area contributed by atoms with E-state index in [9.17, 15) is 9.59 Å². The Labute approximate surface area is 104 Å². The molecule has 0 saturated carbocycles. The van der Waals surface area contributed by atoms with E-state index >= 15 is 0 Å². The number of hydrogen-bond acceptors (Lipinski definition) is 2. The maximum absolute atomic E-state index is 12.0. The Morgan fingerprint density at radius 2 is 2.00 bits per heavy atom. The molecule has 0 radical (unpaired) electrons. The van der Waals surface area contributed by atoms with Crippen molar-refractivity contribution in [2.45, 2.75) is 19.9 Å². The Morgan fingerprint density at radius 1 is 1.29 bits per heavy atom. The summed E-state index contributed by atoms with van der Waals surface area (Å²) in [5, 5.41) is 5.77. The topological polar surface area (TPSA) is 58.2 Å². The van der Waals surface area contributed by atoms with Crippen molar-refractivity contribution in [3.8, 4) is 0 Å². The molecule has 1 aliphatic heterocycles. The van der Waals surface area contributed by atoms with E-state index in [-0.39, 0.29) is 17.7 Å². The van der Waals surface area contributed by atoms with Crippen LogP contribution in [0.25, 0.3) is 0 Å². The molecule has 0 aliphatic carbocycles. The number of fused-ring (bicyclic) bond motifs is 1. The summed E-state index contributed by atoms with van der Waals surface area (Å²) in [6.45, 7) is 3.75. The van der Waals surface area contributed by atoms with Crippen molar-refractivity contribution in [2.24, 2.45) is 5.92 Å². The molecule has 1 atom stereocenters. The first-order valence-electron chi connectivity index (χ1n) is 5.41. The van der Waals surface area contributed by atoms with Gasteiger partial charge in [-0.3, -0.25) is 9.59 Å². The number of anilines is 1. The average Bonchev–Trinajstić information content (AvgIpc) is 2.39. The highest BCUT2D eigenvalue weighted by molar-refractivity contribution is 6.35. The van der Waals surface area contributed by atoms with Crippen LogP contribution in [0.5, 0.6) is 0 Å². The average molecular weight is 253 g/mol. The van der Waals surface area contributed by atoms with Crippen LogP contribution < -0.4 is 10.6 Å². The van der Waals surface area contributed by atoms with Gasteiger partial charge in [-0.15, -0.1) is 0 Å². The zero-order valence-corrected chi connectivity index (χ0v) is 10.3. The lowest BCUT2D eigenvalue weighted by Gasteiger charge is -2.17. The molecule has 1 aliphatic rings. The van der Waals surface area contributed by atoms with E-state index in [1.54, 1.807) is 18.2 Å². The van der Waals surface area contributed by atoms with Crippen molar-refractivity contribution in [3.05, 3.63) is 28.8 Å². The van der Waals surface area contributed by atoms with E-state index in [1.807, 2.05) is 13.8 Å². The number of rotatable bonds is 1. The quantitative estimate of drug-likeness (QED) is 0.804. The first kappa shape index (κ1) is 11.9. The smallest absolute Gasteiger partial charge is 0.254 e. The second-order valence-electron chi connectivity index (χ2n) is 4.35. The molecule has 1 heterocycles. The SMILES string of the molecule is CC(C)C1NC(=O)c2cccc(Cl)c2NC1=O. The van der Waals surface area contributed by atoms with E-state index in [4.69, 9.17) is 11.6 Å². The normalized spacial score (nSPS) is 19.4. The monoisotopic (exact) mass is 252 g/mol. The number of halogens is 1. The van der Waals surface area contributed by atoms with Crippen molar-refractivity contribution in [1.29, 1.82) is 0 Å². The molecule has 1 aromatic rings. The van der Waals surface area contributed by atoms with Gasteiger partial charge in [-0.1, -0.05) is 31.5 Å².